The van der Waals surface area contributed by atoms with Gasteiger partial charge in [-0.2, -0.15) is 5.26 Å². The highest BCUT2D eigenvalue weighted by Gasteiger charge is 2.22. The molecule has 21 heavy (non-hydrogen) atoms. The number of halogens is 1. The van der Waals surface area contributed by atoms with Gasteiger partial charge in [-0.15, -0.1) is 0 Å². The molecule has 110 valence electrons. The summed E-state index contributed by atoms with van der Waals surface area (Å²) in [7, 11) is 2.03. The van der Waals surface area contributed by atoms with Gasteiger partial charge >= 0.3 is 0 Å². The number of rotatable bonds is 3. The zero-order valence-electron chi connectivity index (χ0n) is 11.8. The minimum absolute atomic E-state index is 0.121. The van der Waals surface area contributed by atoms with Crippen LogP contribution >= 0.6 is 15.9 Å². The van der Waals surface area contributed by atoms with Gasteiger partial charge in [0.05, 0.1) is 5.69 Å². The Bertz CT molecular complexity index is 586. The number of carbonyl (C=O) groups excluding carboxylic acids is 1. The molecule has 1 amide bonds. The first-order chi connectivity index (χ1) is 10.1. The lowest BCUT2D eigenvalue weighted by molar-refractivity contribution is -0.128. The lowest BCUT2D eigenvalue weighted by Gasteiger charge is -2.32. The molecule has 0 aliphatic carbocycles. The maximum atomic E-state index is 12.3. The molecular formula is C15H17BrN4O. The number of piperazine rings is 1. The maximum absolute atomic E-state index is 12.3. The molecule has 5 nitrogen and oxygen atoms in total. The Balaban J connectivity index is 2.05. The highest BCUT2D eigenvalue weighted by atomic mass is 79.9. The lowest BCUT2D eigenvalue weighted by Crippen LogP contribution is -2.47. The second-order valence-corrected chi connectivity index (χ2v) is 5.74. The van der Waals surface area contributed by atoms with Crippen LogP contribution in [0.1, 0.15) is 0 Å². The monoisotopic (exact) mass is 348 g/mol. The summed E-state index contributed by atoms with van der Waals surface area (Å²) in [5.74, 6) is -0.217. The largest absolute Gasteiger partial charge is 0.359 e. The number of nitrogens with one attached hydrogen (secondary N) is 1. The fourth-order valence-electron chi connectivity index (χ4n) is 2.05. The van der Waals surface area contributed by atoms with Crippen molar-refractivity contribution in [1.82, 2.24) is 9.80 Å². The quantitative estimate of drug-likeness (QED) is 0.670. The molecule has 0 unspecified atom stereocenters. The third kappa shape index (κ3) is 4.06. The van der Waals surface area contributed by atoms with Crippen LogP contribution in [0, 0.1) is 11.3 Å². The molecule has 1 N–H and O–H groups in total. The van der Waals surface area contributed by atoms with Crippen LogP contribution in [0.5, 0.6) is 0 Å². The summed E-state index contributed by atoms with van der Waals surface area (Å²) in [4.78, 5) is 16.2. The fourth-order valence-corrected chi connectivity index (χ4v) is 2.45. The van der Waals surface area contributed by atoms with E-state index >= 15 is 0 Å². The van der Waals surface area contributed by atoms with E-state index in [1.165, 1.54) is 6.20 Å². The average molecular weight is 349 g/mol. The predicted molar refractivity (Wildman–Crippen MR) is 85.5 cm³/mol. The second-order valence-electron chi connectivity index (χ2n) is 4.89. The average Bonchev–Trinajstić information content (AvgIpc) is 2.50. The molecule has 0 saturated carbocycles. The van der Waals surface area contributed by atoms with Crippen LogP contribution < -0.4 is 5.32 Å². The number of carbonyl (C=O) groups is 1. The van der Waals surface area contributed by atoms with Gasteiger partial charge < -0.3 is 15.1 Å². The van der Waals surface area contributed by atoms with Crippen LogP contribution in [0.15, 0.2) is 40.5 Å². The van der Waals surface area contributed by atoms with Crippen LogP contribution in [0.3, 0.4) is 0 Å². The minimum atomic E-state index is -0.217. The summed E-state index contributed by atoms with van der Waals surface area (Å²) in [6, 6.07) is 9.53. The van der Waals surface area contributed by atoms with Crippen LogP contribution in [0.2, 0.25) is 0 Å². The number of hydrogen-bond donors (Lipinski definition) is 1. The number of hydrogen-bond acceptors (Lipinski definition) is 4. The van der Waals surface area contributed by atoms with Crippen LogP contribution in [-0.2, 0) is 4.79 Å². The van der Waals surface area contributed by atoms with E-state index in [1.807, 2.05) is 37.4 Å². The Kier molecular flexibility index (Phi) is 5.37. The van der Waals surface area contributed by atoms with Gasteiger partial charge in [0.2, 0.25) is 0 Å². The van der Waals surface area contributed by atoms with E-state index in [0.717, 1.165) is 23.2 Å². The number of benzene rings is 1. The highest BCUT2D eigenvalue weighted by Crippen LogP contribution is 2.21. The van der Waals surface area contributed by atoms with Crippen LogP contribution in [0.25, 0.3) is 0 Å². The summed E-state index contributed by atoms with van der Waals surface area (Å²) in [5, 5.41) is 12.2. The number of nitriles is 1. The maximum Gasteiger partial charge on any atom is 0.266 e. The van der Waals surface area contributed by atoms with Crippen LogP contribution in [-0.4, -0.2) is 48.9 Å². The Morgan fingerprint density at radius 2 is 2.00 bits per heavy atom. The molecule has 0 spiro atoms. The number of likely N-dealkylation sites (N-methyl/N-ethyl adjacent to an activating group) is 1. The molecular weight excluding hydrogens is 332 g/mol. The third-order valence-corrected chi connectivity index (χ3v) is 4.08. The molecule has 2 rings (SSSR count). The molecule has 0 atom stereocenters. The first-order valence-corrected chi connectivity index (χ1v) is 7.50. The molecule has 1 aliphatic heterocycles. The van der Waals surface area contributed by atoms with Gasteiger partial charge in [-0.05, 0) is 35.1 Å². The van der Waals surface area contributed by atoms with E-state index in [-0.39, 0.29) is 11.5 Å². The van der Waals surface area contributed by atoms with Crippen molar-refractivity contribution in [2.24, 2.45) is 0 Å². The van der Waals surface area contributed by atoms with E-state index in [2.05, 4.69) is 26.1 Å². The van der Waals surface area contributed by atoms with Crippen molar-refractivity contribution in [3.63, 3.8) is 0 Å². The molecule has 6 heteroatoms. The van der Waals surface area contributed by atoms with E-state index in [1.54, 1.807) is 4.90 Å². The summed E-state index contributed by atoms with van der Waals surface area (Å²) in [5.41, 5.74) is 0.937. The van der Waals surface area contributed by atoms with Crippen molar-refractivity contribution in [2.75, 3.05) is 38.5 Å². The topological polar surface area (TPSA) is 59.4 Å². The summed E-state index contributed by atoms with van der Waals surface area (Å²) in [6.07, 6.45) is 1.47. The predicted octanol–water partition coefficient (Wildman–Crippen LogP) is 2.04. The smallest absolute Gasteiger partial charge is 0.266 e. The van der Waals surface area contributed by atoms with E-state index in [0.29, 0.717) is 13.1 Å². The molecule has 1 aromatic carbocycles. The third-order valence-electron chi connectivity index (χ3n) is 3.39. The first-order valence-electron chi connectivity index (χ1n) is 6.71. The van der Waals surface area contributed by atoms with Crippen molar-refractivity contribution in [3.05, 3.63) is 40.5 Å². The molecule has 1 aromatic rings. The van der Waals surface area contributed by atoms with E-state index in [4.69, 9.17) is 0 Å². The van der Waals surface area contributed by atoms with Crippen molar-refractivity contribution < 1.29 is 4.79 Å². The molecule has 1 aliphatic rings. The molecule has 0 radical (unpaired) electrons. The zero-order valence-corrected chi connectivity index (χ0v) is 13.4. The van der Waals surface area contributed by atoms with Gasteiger partial charge in [0, 0.05) is 36.9 Å². The van der Waals surface area contributed by atoms with Crippen LogP contribution in [0.4, 0.5) is 5.69 Å². The number of para-hydroxylation sites is 1. The molecule has 0 aromatic heterocycles. The van der Waals surface area contributed by atoms with E-state index < -0.39 is 0 Å². The highest BCUT2D eigenvalue weighted by molar-refractivity contribution is 9.10. The minimum Gasteiger partial charge on any atom is -0.359 e. The van der Waals surface area contributed by atoms with Crippen molar-refractivity contribution in [3.8, 4) is 6.07 Å². The Morgan fingerprint density at radius 3 is 2.62 bits per heavy atom. The standard InChI is InChI=1S/C15H17BrN4O/c1-19-6-8-20(9-7-19)15(21)12(10-17)11-18-14-5-3-2-4-13(14)16/h2-5,11,18H,6-9H2,1H3/b12-11-. The number of anilines is 1. The molecule has 1 fully saturated rings. The molecule has 1 saturated heterocycles. The van der Waals surface area contributed by atoms with Gasteiger partial charge in [0.25, 0.3) is 5.91 Å². The second kappa shape index (κ2) is 7.25. The normalized spacial score (nSPS) is 16.4. The number of nitrogens with zero attached hydrogens (tertiary/aromatic N) is 3. The first kappa shape index (κ1) is 15.5. The summed E-state index contributed by atoms with van der Waals surface area (Å²) >= 11 is 3.41. The fraction of sp³-hybridized carbons (Fsp3) is 0.333. The Morgan fingerprint density at radius 1 is 1.33 bits per heavy atom. The van der Waals surface area contributed by atoms with Gasteiger partial charge in [0.1, 0.15) is 11.6 Å². The number of amides is 1. The zero-order chi connectivity index (χ0) is 15.2. The molecule has 1 heterocycles. The van der Waals surface area contributed by atoms with E-state index in [9.17, 15) is 10.1 Å². The van der Waals surface area contributed by atoms with Gasteiger partial charge in [-0.25, -0.2) is 0 Å². The van der Waals surface area contributed by atoms with Gasteiger partial charge in [-0.1, -0.05) is 12.1 Å². The van der Waals surface area contributed by atoms with Gasteiger partial charge in [0.15, 0.2) is 0 Å². The Hall–Kier alpha value is -1.84. The molecule has 0 bridgehead atoms. The van der Waals surface area contributed by atoms with Crippen molar-refractivity contribution in [1.29, 1.82) is 5.26 Å². The summed E-state index contributed by atoms with van der Waals surface area (Å²) < 4.78 is 0.880. The lowest BCUT2D eigenvalue weighted by atomic mass is 10.2. The van der Waals surface area contributed by atoms with Crippen molar-refractivity contribution >= 4 is 27.5 Å². The van der Waals surface area contributed by atoms with Crippen molar-refractivity contribution in [2.45, 2.75) is 0 Å². The summed E-state index contributed by atoms with van der Waals surface area (Å²) in [6.45, 7) is 2.98. The Labute approximate surface area is 133 Å². The SMILES string of the molecule is CN1CCN(C(=O)/C(C#N)=C\Nc2ccccc2Br)CC1. The van der Waals surface area contributed by atoms with Gasteiger partial charge in [-0.3, -0.25) is 4.79 Å².